The molecule has 0 amide bonds. The second-order valence-corrected chi connectivity index (χ2v) is 7.43. The Bertz CT molecular complexity index is 548. The Labute approximate surface area is 187 Å². The van der Waals surface area contributed by atoms with Crippen LogP contribution in [0.3, 0.4) is 0 Å². The first-order valence-corrected chi connectivity index (χ1v) is 9.59. The smallest absolute Gasteiger partial charge is 0.128 e. The monoisotopic (exact) mass is 456 g/mol. The number of nitrogens with one attached hydrogen (secondary N) is 2. The zero-order chi connectivity index (χ0) is 20.4. The SMILES string of the molecule is CC(C)NCC(O)COc1ccc(C(C)O)c(OCC(O)CNC(C)C)c1.Cl.Cl. The van der Waals surface area contributed by atoms with E-state index in [1.54, 1.807) is 25.1 Å². The lowest BCUT2D eigenvalue weighted by Gasteiger charge is -2.19. The third kappa shape index (κ3) is 13.2. The van der Waals surface area contributed by atoms with E-state index in [0.717, 1.165) is 0 Å². The van der Waals surface area contributed by atoms with Crippen LogP contribution in [0.4, 0.5) is 0 Å². The summed E-state index contributed by atoms with van der Waals surface area (Å²) in [5.74, 6) is 0.994. The largest absolute Gasteiger partial charge is 0.491 e. The van der Waals surface area contributed by atoms with Gasteiger partial charge in [-0.25, -0.2) is 0 Å². The van der Waals surface area contributed by atoms with Gasteiger partial charge in [0.25, 0.3) is 0 Å². The van der Waals surface area contributed by atoms with Crippen LogP contribution in [0.2, 0.25) is 0 Å². The number of rotatable bonds is 13. The predicted molar refractivity (Wildman–Crippen MR) is 121 cm³/mol. The highest BCUT2D eigenvalue weighted by Gasteiger charge is 2.14. The summed E-state index contributed by atoms with van der Waals surface area (Å²) in [6.07, 6.45) is -2.00. The highest BCUT2D eigenvalue weighted by molar-refractivity contribution is 5.85. The molecule has 9 heteroatoms. The molecule has 0 aliphatic carbocycles. The molecule has 5 N–H and O–H groups in total. The Kier molecular flexibility index (Phi) is 16.7. The lowest BCUT2D eigenvalue weighted by atomic mass is 10.1. The molecule has 0 saturated heterocycles. The molecule has 0 aliphatic heterocycles. The van der Waals surface area contributed by atoms with Crippen LogP contribution in [0.1, 0.15) is 46.3 Å². The Morgan fingerprint density at radius 2 is 1.28 bits per heavy atom. The van der Waals surface area contributed by atoms with Crippen LogP contribution < -0.4 is 20.1 Å². The van der Waals surface area contributed by atoms with E-state index >= 15 is 0 Å². The molecule has 1 aromatic rings. The lowest BCUT2D eigenvalue weighted by Crippen LogP contribution is -2.35. The number of ether oxygens (including phenoxy) is 2. The lowest BCUT2D eigenvalue weighted by molar-refractivity contribution is 0.0985. The van der Waals surface area contributed by atoms with Crippen LogP contribution in [-0.4, -0.2) is 65.9 Å². The van der Waals surface area contributed by atoms with Crippen LogP contribution in [0.15, 0.2) is 18.2 Å². The Balaban J connectivity index is 0. The maximum atomic E-state index is 10.0. The van der Waals surface area contributed by atoms with Crippen molar-refractivity contribution in [2.75, 3.05) is 26.3 Å². The summed E-state index contributed by atoms with van der Waals surface area (Å²) in [4.78, 5) is 0. The number of halogens is 2. The number of benzene rings is 1. The quantitative estimate of drug-likeness (QED) is 0.309. The fourth-order valence-electron chi connectivity index (χ4n) is 2.31. The summed E-state index contributed by atoms with van der Waals surface area (Å²) in [6, 6.07) is 5.71. The normalized spacial score (nSPS) is 14.0. The van der Waals surface area contributed by atoms with Crippen LogP contribution in [0, 0.1) is 0 Å². The van der Waals surface area contributed by atoms with Crippen molar-refractivity contribution in [3.63, 3.8) is 0 Å². The van der Waals surface area contributed by atoms with Gasteiger partial charge < -0.3 is 35.4 Å². The summed E-state index contributed by atoms with van der Waals surface area (Å²) in [5, 5.41) is 36.2. The number of hydrogen-bond donors (Lipinski definition) is 5. The standard InChI is InChI=1S/C20H36N2O5.2ClH/c1-13(2)21-9-16(24)11-26-18-6-7-19(15(5)23)20(8-18)27-12-17(25)10-22-14(3)4;;/h6-8,13-17,21-25H,9-12H2,1-5H3;2*1H. The fourth-order valence-corrected chi connectivity index (χ4v) is 2.31. The summed E-state index contributed by atoms with van der Waals surface area (Å²) >= 11 is 0. The van der Waals surface area contributed by atoms with Crippen molar-refractivity contribution in [1.82, 2.24) is 10.6 Å². The number of hydrogen-bond acceptors (Lipinski definition) is 7. The van der Waals surface area contributed by atoms with Crippen molar-refractivity contribution in [2.24, 2.45) is 0 Å². The van der Waals surface area contributed by atoms with Crippen molar-refractivity contribution in [3.8, 4) is 11.5 Å². The average Bonchev–Trinajstić information content (AvgIpc) is 2.60. The van der Waals surface area contributed by atoms with Gasteiger partial charge in [-0.2, -0.15) is 0 Å². The molecular formula is C20H38Cl2N2O5. The third-order valence-corrected chi connectivity index (χ3v) is 3.83. The zero-order valence-corrected chi connectivity index (χ0v) is 19.6. The maximum Gasteiger partial charge on any atom is 0.128 e. The van der Waals surface area contributed by atoms with Crippen LogP contribution in [-0.2, 0) is 0 Å². The van der Waals surface area contributed by atoms with Crippen molar-refractivity contribution in [2.45, 2.75) is 65.0 Å². The molecule has 7 nitrogen and oxygen atoms in total. The molecule has 3 unspecified atom stereocenters. The van der Waals surface area contributed by atoms with E-state index in [4.69, 9.17) is 9.47 Å². The van der Waals surface area contributed by atoms with Crippen LogP contribution >= 0.6 is 24.8 Å². The molecule has 3 atom stereocenters. The summed E-state index contributed by atoms with van der Waals surface area (Å²) in [5.41, 5.74) is 0.619. The molecule has 0 bridgehead atoms. The van der Waals surface area contributed by atoms with Crippen LogP contribution in [0.25, 0.3) is 0 Å². The van der Waals surface area contributed by atoms with E-state index in [2.05, 4.69) is 10.6 Å². The highest BCUT2D eigenvalue weighted by atomic mass is 35.5. The molecule has 0 radical (unpaired) electrons. The van der Waals surface area contributed by atoms with Gasteiger partial charge in [-0.05, 0) is 19.1 Å². The summed E-state index contributed by atoms with van der Waals surface area (Å²) in [7, 11) is 0. The molecule has 1 aromatic carbocycles. The molecule has 0 heterocycles. The van der Waals surface area contributed by atoms with E-state index in [9.17, 15) is 15.3 Å². The minimum absolute atomic E-state index is 0. The average molecular weight is 457 g/mol. The van der Waals surface area contributed by atoms with E-state index in [1.807, 2.05) is 27.7 Å². The van der Waals surface area contributed by atoms with Gasteiger partial charge in [0, 0.05) is 36.8 Å². The Morgan fingerprint density at radius 3 is 1.72 bits per heavy atom. The van der Waals surface area contributed by atoms with Gasteiger partial charge in [0.15, 0.2) is 0 Å². The molecule has 0 saturated carbocycles. The minimum atomic E-state index is -0.708. The molecule has 0 fully saturated rings. The second kappa shape index (κ2) is 16.0. The topological polar surface area (TPSA) is 103 Å². The van der Waals surface area contributed by atoms with E-state index in [0.29, 0.717) is 36.2 Å². The minimum Gasteiger partial charge on any atom is -0.491 e. The molecule has 172 valence electrons. The Morgan fingerprint density at radius 1 is 0.793 bits per heavy atom. The third-order valence-electron chi connectivity index (χ3n) is 3.83. The molecule has 1 rings (SSSR count). The van der Waals surface area contributed by atoms with Gasteiger partial charge >= 0.3 is 0 Å². The highest BCUT2D eigenvalue weighted by Crippen LogP contribution is 2.29. The first kappa shape index (κ1) is 30.4. The molecule has 0 aromatic heterocycles. The van der Waals surface area contributed by atoms with Gasteiger partial charge in [0.1, 0.15) is 36.9 Å². The van der Waals surface area contributed by atoms with Gasteiger partial charge in [-0.3, -0.25) is 0 Å². The summed E-state index contributed by atoms with van der Waals surface area (Å²) in [6.45, 7) is 10.8. The van der Waals surface area contributed by atoms with Gasteiger partial charge in [0.2, 0.25) is 0 Å². The van der Waals surface area contributed by atoms with Gasteiger partial charge in [-0.15, -0.1) is 24.8 Å². The van der Waals surface area contributed by atoms with E-state index in [-0.39, 0.29) is 44.1 Å². The summed E-state index contributed by atoms with van der Waals surface area (Å²) < 4.78 is 11.3. The molecule has 0 spiro atoms. The van der Waals surface area contributed by atoms with E-state index < -0.39 is 18.3 Å². The van der Waals surface area contributed by atoms with Gasteiger partial charge in [0.05, 0.1) is 6.10 Å². The van der Waals surface area contributed by atoms with Crippen molar-refractivity contribution < 1.29 is 24.8 Å². The fraction of sp³-hybridized carbons (Fsp3) is 0.700. The predicted octanol–water partition coefficient (Wildman–Crippen LogP) is 2.06. The van der Waals surface area contributed by atoms with E-state index in [1.165, 1.54) is 0 Å². The van der Waals surface area contributed by atoms with Gasteiger partial charge in [-0.1, -0.05) is 27.7 Å². The second-order valence-electron chi connectivity index (χ2n) is 7.43. The molecule has 29 heavy (non-hydrogen) atoms. The number of aliphatic hydroxyl groups excluding tert-OH is 3. The van der Waals surface area contributed by atoms with Crippen molar-refractivity contribution >= 4 is 24.8 Å². The molecule has 0 aliphatic rings. The first-order valence-electron chi connectivity index (χ1n) is 9.59. The zero-order valence-electron chi connectivity index (χ0n) is 17.9. The number of aliphatic hydroxyl groups is 3. The molecular weight excluding hydrogens is 419 g/mol. The van der Waals surface area contributed by atoms with Crippen molar-refractivity contribution in [3.05, 3.63) is 23.8 Å². The van der Waals surface area contributed by atoms with Crippen molar-refractivity contribution in [1.29, 1.82) is 0 Å². The first-order chi connectivity index (χ1) is 12.7. The van der Waals surface area contributed by atoms with Crippen LogP contribution in [0.5, 0.6) is 11.5 Å². The Hall–Kier alpha value is -0.800. The maximum absolute atomic E-state index is 10.0.